The van der Waals surface area contributed by atoms with Gasteiger partial charge in [0.25, 0.3) is 0 Å². The second-order valence-electron chi connectivity index (χ2n) is 5.01. The van der Waals surface area contributed by atoms with Crippen LogP contribution in [0.1, 0.15) is 17.5 Å². The number of nitrogens with one attached hydrogen (secondary N) is 1. The van der Waals surface area contributed by atoms with Crippen LogP contribution in [-0.4, -0.2) is 23.6 Å². The van der Waals surface area contributed by atoms with Gasteiger partial charge in [-0.15, -0.1) is 0 Å². The summed E-state index contributed by atoms with van der Waals surface area (Å²) in [7, 11) is 1.72. The monoisotopic (exact) mass is 269 g/mol. The van der Waals surface area contributed by atoms with Crippen LogP contribution in [0.15, 0.2) is 42.7 Å². The van der Waals surface area contributed by atoms with Gasteiger partial charge in [0.2, 0.25) is 0 Å². The largest absolute Gasteiger partial charge is 0.497 e. The number of pyridine rings is 1. The Bertz CT molecular complexity index is 571. The van der Waals surface area contributed by atoms with Gasteiger partial charge in [-0.3, -0.25) is 4.98 Å². The van der Waals surface area contributed by atoms with Crippen molar-refractivity contribution in [3.05, 3.63) is 53.9 Å². The van der Waals surface area contributed by atoms with E-state index in [2.05, 4.69) is 27.6 Å². The van der Waals surface area contributed by atoms with Crippen LogP contribution in [-0.2, 0) is 13.0 Å². The van der Waals surface area contributed by atoms with Crippen molar-refractivity contribution in [2.45, 2.75) is 19.4 Å². The van der Waals surface area contributed by atoms with Crippen molar-refractivity contribution in [3.63, 3.8) is 0 Å². The van der Waals surface area contributed by atoms with E-state index in [0.717, 1.165) is 37.4 Å². The van der Waals surface area contributed by atoms with Crippen LogP contribution in [0.2, 0.25) is 0 Å². The van der Waals surface area contributed by atoms with Crippen LogP contribution >= 0.6 is 0 Å². The lowest BCUT2D eigenvalue weighted by Crippen LogP contribution is -2.29. The summed E-state index contributed by atoms with van der Waals surface area (Å²) < 4.78 is 5.31. The molecule has 0 saturated heterocycles. The van der Waals surface area contributed by atoms with Crippen LogP contribution < -0.4 is 10.2 Å². The van der Waals surface area contributed by atoms with Crippen molar-refractivity contribution >= 4 is 5.69 Å². The molecule has 0 spiro atoms. The van der Waals surface area contributed by atoms with E-state index in [0.29, 0.717) is 0 Å². The fourth-order valence-electron chi connectivity index (χ4n) is 2.57. The molecule has 0 fully saturated rings. The Balaban J connectivity index is 1.76. The SMILES string of the molecule is COc1ccc2c(c1)CCCN(Nc1ccncc1)C2. The van der Waals surface area contributed by atoms with Gasteiger partial charge in [-0.2, -0.15) is 0 Å². The maximum atomic E-state index is 5.31. The Labute approximate surface area is 119 Å². The summed E-state index contributed by atoms with van der Waals surface area (Å²) in [5, 5.41) is 2.26. The van der Waals surface area contributed by atoms with Crippen molar-refractivity contribution in [1.29, 1.82) is 0 Å². The zero-order valence-corrected chi connectivity index (χ0v) is 11.7. The summed E-state index contributed by atoms with van der Waals surface area (Å²) in [5.41, 5.74) is 7.29. The summed E-state index contributed by atoms with van der Waals surface area (Å²) in [6, 6.07) is 10.3. The predicted octanol–water partition coefficient (Wildman–Crippen LogP) is 2.87. The van der Waals surface area contributed by atoms with Gasteiger partial charge in [0.15, 0.2) is 0 Å². The Kier molecular flexibility index (Phi) is 3.83. The zero-order chi connectivity index (χ0) is 13.8. The molecule has 2 heterocycles. The first kappa shape index (κ1) is 12.9. The van der Waals surface area contributed by atoms with Crippen LogP contribution in [0, 0.1) is 0 Å². The van der Waals surface area contributed by atoms with Crippen molar-refractivity contribution in [2.75, 3.05) is 19.1 Å². The molecule has 0 radical (unpaired) electrons. The molecular weight excluding hydrogens is 250 g/mol. The molecular formula is C16H19N3O. The van der Waals surface area contributed by atoms with E-state index in [1.807, 2.05) is 18.2 Å². The molecule has 0 bridgehead atoms. The quantitative estimate of drug-likeness (QED) is 0.929. The highest BCUT2D eigenvalue weighted by Crippen LogP contribution is 2.23. The predicted molar refractivity (Wildman–Crippen MR) is 79.6 cm³/mol. The fraction of sp³-hybridized carbons (Fsp3) is 0.312. The van der Waals surface area contributed by atoms with Crippen LogP contribution in [0.5, 0.6) is 5.75 Å². The standard InChI is InChI=1S/C16H19N3O/c1-20-16-5-4-14-12-19(10-2-3-13(14)11-16)18-15-6-8-17-9-7-15/h4-9,11H,2-3,10,12H2,1H3,(H,17,18). The Hall–Kier alpha value is -2.07. The number of hydrogen-bond acceptors (Lipinski definition) is 4. The van der Waals surface area contributed by atoms with E-state index in [1.165, 1.54) is 11.1 Å². The minimum Gasteiger partial charge on any atom is -0.497 e. The highest BCUT2D eigenvalue weighted by atomic mass is 16.5. The van der Waals surface area contributed by atoms with Gasteiger partial charge >= 0.3 is 0 Å². The topological polar surface area (TPSA) is 37.4 Å². The van der Waals surface area contributed by atoms with E-state index in [-0.39, 0.29) is 0 Å². The van der Waals surface area contributed by atoms with Crippen molar-refractivity contribution in [2.24, 2.45) is 0 Å². The molecule has 0 unspecified atom stereocenters. The molecule has 20 heavy (non-hydrogen) atoms. The minimum absolute atomic E-state index is 0.904. The van der Waals surface area contributed by atoms with Gasteiger partial charge in [-0.25, -0.2) is 5.01 Å². The number of rotatable bonds is 3. The molecule has 1 aromatic carbocycles. The average Bonchev–Trinajstić information content (AvgIpc) is 2.69. The second-order valence-corrected chi connectivity index (χ2v) is 5.01. The number of aromatic nitrogens is 1. The van der Waals surface area contributed by atoms with Crippen molar-refractivity contribution in [1.82, 2.24) is 9.99 Å². The zero-order valence-electron chi connectivity index (χ0n) is 11.7. The van der Waals surface area contributed by atoms with Gasteiger partial charge in [-0.05, 0) is 48.2 Å². The van der Waals surface area contributed by atoms with Gasteiger partial charge < -0.3 is 10.2 Å². The number of benzene rings is 1. The first-order valence-corrected chi connectivity index (χ1v) is 6.92. The van der Waals surface area contributed by atoms with Crippen LogP contribution in [0.4, 0.5) is 5.69 Å². The third-order valence-corrected chi connectivity index (χ3v) is 3.62. The number of anilines is 1. The average molecular weight is 269 g/mol. The third-order valence-electron chi connectivity index (χ3n) is 3.62. The summed E-state index contributed by atoms with van der Waals surface area (Å²) >= 11 is 0. The molecule has 4 nitrogen and oxygen atoms in total. The normalized spacial score (nSPS) is 15.2. The first-order valence-electron chi connectivity index (χ1n) is 6.92. The highest BCUT2D eigenvalue weighted by molar-refractivity contribution is 5.41. The number of ether oxygens (including phenoxy) is 1. The van der Waals surface area contributed by atoms with Crippen molar-refractivity contribution < 1.29 is 4.74 Å². The van der Waals surface area contributed by atoms with Crippen molar-refractivity contribution in [3.8, 4) is 5.75 Å². The van der Waals surface area contributed by atoms with E-state index >= 15 is 0 Å². The molecule has 1 aliphatic heterocycles. The highest BCUT2D eigenvalue weighted by Gasteiger charge is 2.14. The smallest absolute Gasteiger partial charge is 0.119 e. The number of hydrogen-bond donors (Lipinski definition) is 1. The maximum absolute atomic E-state index is 5.31. The molecule has 0 atom stereocenters. The Morgan fingerprint density at radius 3 is 2.80 bits per heavy atom. The molecule has 2 aromatic rings. The third kappa shape index (κ3) is 2.91. The summed E-state index contributed by atoms with van der Waals surface area (Å²) in [6.07, 6.45) is 5.84. The molecule has 0 saturated carbocycles. The van der Waals surface area contributed by atoms with Crippen LogP contribution in [0.25, 0.3) is 0 Å². The first-order chi connectivity index (χ1) is 9.85. The van der Waals surface area contributed by atoms with E-state index < -0.39 is 0 Å². The molecule has 0 aliphatic carbocycles. The summed E-state index contributed by atoms with van der Waals surface area (Å²) in [6.45, 7) is 1.93. The molecule has 0 amide bonds. The fourth-order valence-corrected chi connectivity index (χ4v) is 2.57. The number of hydrazine groups is 1. The van der Waals surface area contributed by atoms with Gasteiger partial charge in [0, 0.05) is 25.5 Å². The number of nitrogens with zero attached hydrogens (tertiary/aromatic N) is 2. The summed E-state index contributed by atoms with van der Waals surface area (Å²) in [4.78, 5) is 4.04. The summed E-state index contributed by atoms with van der Waals surface area (Å²) in [5.74, 6) is 0.944. The molecule has 1 N–H and O–H groups in total. The number of methoxy groups -OCH3 is 1. The number of aryl methyl sites for hydroxylation is 1. The second kappa shape index (κ2) is 5.92. The van der Waals surface area contributed by atoms with Gasteiger partial charge in [0.1, 0.15) is 5.75 Å². The molecule has 4 heteroatoms. The Morgan fingerprint density at radius 2 is 2.00 bits per heavy atom. The van der Waals surface area contributed by atoms with E-state index in [4.69, 9.17) is 4.74 Å². The van der Waals surface area contributed by atoms with Crippen LogP contribution in [0.3, 0.4) is 0 Å². The molecule has 1 aromatic heterocycles. The van der Waals surface area contributed by atoms with E-state index in [1.54, 1.807) is 19.5 Å². The Morgan fingerprint density at radius 1 is 1.15 bits per heavy atom. The van der Waals surface area contributed by atoms with E-state index in [9.17, 15) is 0 Å². The lowest BCUT2D eigenvalue weighted by molar-refractivity contribution is 0.327. The molecule has 3 rings (SSSR count). The molecule has 104 valence electrons. The van der Waals surface area contributed by atoms with Gasteiger partial charge in [0.05, 0.1) is 12.8 Å². The van der Waals surface area contributed by atoms with Gasteiger partial charge in [-0.1, -0.05) is 6.07 Å². The number of fused-ring (bicyclic) bond motifs is 1. The minimum atomic E-state index is 0.904. The lowest BCUT2D eigenvalue weighted by atomic mass is 10.0. The molecule has 1 aliphatic rings. The maximum Gasteiger partial charge on any atom is 0.119 e. The lowest BCUT2D eigenvalue weighted by Gasteiger charge is -2.22.